The molecule has 7 heteroatoms. The van der Waals surface area contributed by atoms with Gasteiger partial charge < -0.3 is 14.8 Å². The van der Waals surface area contributed by atoms with Crippen molar-refractivity contribution < 1.29 is 19.1 Å². The lowest BCUT2D eigenvalue weighted by Gasteiger charge is -2.11. The molecule has 1 heterocycles. The highest BCUT2D eigenvalue weighted by Gasteiger charge is 2.32. The average Bonchev–Trinajstić information content (AvgIpc) is 2.81. The molecule has 0 aliphatic carbocycles. The molecule has 1 aliphatic rings. The number of nitrogens with one attached hydrogen (secondary N) is 1. The number of benzene rings is 1. The number of carbonyl (C=O) groups excluding carboxylic acids is 2. The van der Waals surface area contributed by atoms with Gasteiger partial charge in [-0.25, -0.2) is 4.79 Å². The Kier molecular flexibility index (Phi) is 5.51. The summed E-state index contributed by atoms with van der Waals surface area (Å²) in [5.41, 5.74) is 0.700. The van der Waals surface area contributed by atoms with Gasteiger partial charge in [-0.15, -0.1) is 13.0 Å². The highest BCUT2D eigenvalue weighted by atomic mass is 35.5. The summed E-state index contributed by atoms with van der Waals surface area (Å²) in [6.45, 7) is 3.69. The van der Waals surface area contributed by atoms with E-state index in [9.17, 15) is 9.59 Å². The monoisotopic (exact) mass is 346 g/mol. The van der Waals surface area contributed by atoms with E-state index in [2.05, 4.69) is 17.8 Å². The van der Waals surface area contributed by atoms with E-state index in [-0.39, 0.29) is 23.9 Å². The quantitative estimate of drug-likeness (QED) is 0.372. The zero-order valence-electron chi connectivity index (χ0n) is 13.0. The van der Waals surface area contributed by atoms with Gasteiger partial charge >= 0.3 is 6.03 Å². The number of nitrogens with zero attached hydrogens (tertiary/aromatic N) is 1. The molecule has 124 valence electrons. The highest BCUT2D eigenvalue weighted by molar-refractivity contribution is 6.32. The van der Waals surface area contributed by atoms with Crippen LogP contribution in [-0.2, 0) is 4.79 Å². The molecule has 0 unspecified atom stereocenters. The minimum absolute atomic E-state index is 0.0432. The van der Waals surface area contributed by atoms with Gasteiger partial charge in [-0.05, 0) is 23.8 Å². The van der Waals surface area contributed by atoms with Crippen LogP contribution in [0, 0.1) is 12.3 Å². The molecule has 1 aromatic rings. The van der Waals surface area contributed by atoms with E-state index < -0.39 is 11.9 Å². The Morgan fingerprint density at radius 1 is 1.46 bits per heavy atom. The minimum Gasteiger partial charge on any atom is -0.493 e. The maximum absolute atomic E-state index is 12.2. The van der Waals surface area contributed by atoms with Gasteiger partial charge in [-0.2, -0.15) is 0 Å². The van der Waals surface area contributed by atoms with E-state index in [1.54, 1.807) is 12.1 Å². The van der Waals surface area contributed by atoms with Gasteiger partial charge in [-0.3, -0.25) is 9.69 Å². The van der Waals surface area contributed by atoms with Gasteiger partial charge in [0, 0.05) is 6.54 Å². The van der Waals surface area contributed by atoms with Crippen molar-refractivity contribution in [1.29, 1.82) is 0 Å². The van der Waals surface area contributed by atoms with Crippen LogP contribution in [0.15, 0.2) is 30.5 Å². The standard InChI is InChI=1S/C17H15ClN2O4/c1-4-6-20-16(21)13(19-17(20)22)9-11-8-12(18)15(24-7-5-2)14(10-11)23-3/h2,4,8-10H,1,6-7H2,3H3,(H,19,22)/b13-9+. The molecule has 0 radical (unpaired) electrons. The van der Waals surface area contributed by atoms with Gasteiger partial charge in [0.2, 0.25) is 0 Å². The summed E-state index contributed by atoms with van der Waals surface area (Å²) in [5, 5.41) is 2.78. The summed E-state index contributed by atoms with van der Waals surface area (Å²) in [6, 6.07) is 2.71. The molecule has 6 nitrogen and oxygen atoms in total. The molecule has 2 rings (SSSR count). The number of rotatable bonds is 6. The van der Waals surface area contributed by atoms with E-state index in [0.29, 0.717) is 17.1 Å². The SMILES string of the molecule is C#CCOc1c(Cl)cc(/C=C2/NC(=O)N(CC=C)C2=O)cc1OC. The van der Waals surface area contributed by atoms with E-state index in [0.717, 1.165) is 4.90 Å². The Balaban J connectivity index is 2.35. The molecule has 0 saturated carbocycles. The fraction of sp³-hybridized carbons (Fsp3) is 0.176. The molecular formula is C17H15ClN2O4. The topological polar surface area (TPSA) is 67.9 Å². The van der Waals surface area contributed by atoms with E-state index >= 15 is 0 Å². The van der Waals surface area contributed by atoms with Gasteiger partial charge in [-0.1, -0.05) is 23.6 Å². The van der Waals surface area contributed by atoms with Crippen molar-refractivity contribution >= 4 is 29.6 Å². The zero-order valence-corrected chi connectivity index (χ0v) is 13.7. The van der Waals surface area contributed by atoms with Crippen molar-refractivity contribution in [2.45, 2.75) is 0 Å². The van der Waals surface area contributed by atoms with E-state index in [1.165, 1.54) is 19.3 Å². The summed E-state index contributed by atoms with van der Waals surface area (Å²) in [5.74, 6) is 2.58. The first-order chi connectivity index (χ1) is 11.5. The van der Waals surface area contributed by atoms with Gasteiger partial charge in [0.05, 0.1) is 12.1 Å². The first-order valence-corrected chi connectivity index (χ1v) is 7.28. The number of amides is 3. The Morgan fingerprint density at radius 3 is 2.83 bits per heavy atom. The predicted molar refractivity (Wildman–Crippen MR) is 90.8 cm³/mol. The molecule has 1 N–H and O–H groups in total. The molecular weight excluding hydrogens is 332 g/mol. The third kappa shape index (κ3) is 3.53. The first kappa shape index (κ1) is 17.4. The number of carbonyl (C=O) groups is 2. The van der Waals surface area contributed by atoms with Crippen LogP contribution in [0.3, 0.4) is 0 Å². The largest absolute Gasteiger partial charge is 0.493 e. The van der Waals surface area contributed by atoms with Gasteiger partial charge in [0.1, 0.15) is 12.3 Å². The van der Waals surface area contributed by atoms with Crippen molar-refractivity contribution in [3.05, 3.63) is 41.1 Å². The molecule has 1 fully saturated rings. The Hall–Kier alpha value is -2.91. The molecule has 24 heavy (non-hydrogen) atoms. The number of methoxy groups -OCH3 is 1. The third-order valence-electron chi connectivity index (χ3n) is 3.14. The lowest BCUT2D eigenvalue weighted by Crippen LogP contribution is -2.30. The number of hydrogen-bond acceptors (Lipinski definition) is 4. The smallest absolute Gasteiger partial charge is 0.329 e. The van der Waals surface area contributed by atoms with Crippen LogP contribution in [0.25, 0.3) is 6.08 Å². The van der Waals surface area contributed by atoms with Crippen molar-refractivity contribution in [2.24, 2.45) is 0 Å². The van der Waals surface area contributed by atoms with Crippen molar-refractivity contribution in [3.8, 4) is 23.8 Å². The molecule has 3 amide bonds. The van der Waals surface area contributed by atoms with Crippen LogP contribution in [0.4, 0.5) is 4.79 Å². The van der Waals surface area contributed by atoms with Gasteiger partial charge in [0.15, 0.2) is 11.5 Å². The number of terminal acetylenes is 1. The molecule has 0 atom stereocenters. The van der Waals surface area contributed by atoms with Gasteiger partial charge in [0.25, 0.3) is 5.91 Å². The number of hydrogen-bond donors (Lipinski definition) is 1. The second-order valence-corrected chi connectivity index (χ2v) is 5.13. The van der Waals surface area contributed by atoms with Crippen molar-refractivity contribution in [1.82, 2.24) is 10.2 Å². The zero-order chi connectivity index (χ0) is 17.7. The molecule has 0 aromatic heterocycles. The number of urea groups is 1. The maximum Gasteiger partial charge on any atom is 0.329 e. The van der Waals surface area contributed by atoms with E-state index in [4.69, 9.17) is 27.5 Å². The van der Waals surface area contributed by atoms with Crippen LogP contribution in [-0.4, -0.2) is 37.1 Å². The number of imide groups is 1. The summed E-state index contributed by atoms with van der Waals surface area (Å²) in [4.78, 5) is 25.0. The lowest BCUT2D eigenvalue weighted by molar-refractivity contribution is -0.122. The van der Waals surface area contributed by atoms with Crippen molar-refractivity contribution in [3.63, 3.8) is 0 Å². The summed E-state index contributed by atoms with van der Waals surface area (Å²) in [6.07, 6.45) is 8.14. The molecule has 1 aliphatic heterocycles. The van der Waals surface area contributed by atoms with Crippen LogP contribution in [0.2, 0.25) is 5.02 Å². The second kappa shape index (κ2) is 7.57. The van der Waals surface area contributed by atoms with Crippen LogP contribution in [0.1, 0.15) is 5.56 Å². The molecule has 1 aromatic carbocycles. The summed E-state index contributed by atoms with van der Waals surface area (Å²) in [7, 11) is 1.46. The van der Waals surface area contributed by atoms with Crippen molar-refractivity contribution in [2.75, 3.05) is 20.3 Å². The Bertz CT molecular complexity index is 765. The number of halogens is 1. The molecule has 0 bridgehead atoms. The van der Waals surface area contributed by atoms with E-state index in [1.807, 2.05) is 0 Å². The normalized spacial score (nSPS) is 15.2. The fourth-order valence-corrected chi connectivity index (χ4v) is 2.38. The van der Waals surface area contributed by atoms with Crippen LogP contribution in [0.5, 0.6) is 11.5 Å². The average molecular weight is 347 g/mol. The minimum atomic E-state index is -0.502. The Morgan fingerprint density at radius 2 is 2.21 bits per heavy atom. The lowest BCUT2D eigenvalue weighted by atomic mass is 10.1. The highest BCUT2D eigenvalue weighted by Crippen LogP contribution is 2.37. The van der Waals surface area contributed by atoms with Crippen LogP contribution >= 0.6 is 11.6 Å². The number of ether oxygens (including phenoxy) is 2. The summed E-state index contributed by atoms with van der Waals surface area (Å²) < 4.78 is 10.6. The second-order valence-electron chi connectivity index (χ2n) is 4.72. The Labute approximate surface area is 144 Å². The fourth-order valence-electron chi connectivity index (χ4n) is 2.11. The third-order valence-corrected chi connectivity index (χ3v) is 3.42. The van der Waals surface area contributed by atoms with Crippen LogP contribution < -0.4 is 14.8 Å². The maximum atomic E-state index is 12.2. The summed E-state index contributed by atoms with van der Waals surface area (Å²) >= 11 is 6.18. The molecule has 1 saturated heterocycles. The first-order valence-electron chi connectivity index (χ1n) is 6.91. The molecule has 0 spiro atoms. The predicted octanol–water partition coefficient (Wildman–Crippen LogP) is 2.44.